The van der Waals surface area contributed by atoms with Gasteiger partial charge >= 0.3 is 5.97 Å². The van der Waals surface area contributed by atoms with Crippen LogP contribution in [0.1, 0.15) is 65.2 Å². The van der Waals surface area contributed by atoms with E-state index in [1.165, 1.54) is 19.3 Å². The summed E-state index contributed by atoms with van der Waals surface area (Å²) in [5, 5.41) is 0. The molecule has 2 aliphatic heterocycles. The summed E-state index contributed by atoms with van der Waals surface area (Å²) in [6.45, 7) is 6.97. The Balaban J connectivity index is 1.33. The maximum atomic E-state index is 12.9. The Labute approximate surface area is 174 Å². The van der Waals surface area contributed by atoms with Crippen molar-refractivity contribution in [2.45, 2.75) is 77.1 Å². The Kier molecular flexibility index (Phi) is 3.93. The maximum absolute atomic E-state index is 12.9. The lowest BCUT2D eigenvalue weighted by atomic mass is 9.43. The van der Waals surface area contributed by atoms with E-state index in [0.29, 0.717) is 35.7 Å². The van der Waals surface area contributed by atoms with Crippen molar-refractivity contribution in [1.29, 1.82) is 0 Å². The van der Waals surface area contributed by atoms with E-state index in [1.807, 2.05) is 0 Å². The summed E-state index contributed by atoms with van der Waals surface area (Å²) in [7, 11) is 1.55. The van der Waals surface area contributed by atoms with Gasteiger partial charge in [0.05, 0.1) is 38.4 Å². The van der Waals surface area contributed by atoms with E-state index in [0.717, 1.165) is 45.3 Å². The predicted octanol–water partition coefficient (Wildman–Crippen LogP) is 3.94. The third-order valence-corrected chi connectivity index (χ3v) is 11.0. The maximum Gasteiger partial charge on any atom is 0.314 e. The van der Waals surface area contributed by atoms with Crippen molar-refractivity contribution in [2.75, 3.05) is 26.9 Å². The first kappa shape index (κ1) is 19.1. The average molecular weight is 405 g/mol. The van der Waals surface area contributed by atoms with Crippen LogP contribution >= 0.6 is 0 Å². The van der Waals surface area contributed by atoms with Crippen LogP contribution in [-0.2, 0) is 23.7 Å². The number of fused-ring (bicyclic) bond motifs is 4. The molecule has 29 heavy (non-hydrogen) atoms. The highest BCUT2D eigenvalue weighted by atomic mass is 16.7. The molecule has 1 spiro atoms. The van der Waals surface area contributed by atoms with E-state index >= 15 is 0 Å². The third-order valence-electron chi connectivity index (χ3n) is 11.0. The van der Waals surface area contributed by atoms with E-state index in [1.54, 1.807) is 7.11 Å². The third kappa shape index (κ3) is 2.15. The van der Waals surface area contributed by atoms with Gasteiger partial charge in [0.2, 0.25) is 0 Å². The van der Waals surface area contributed by atoms with Gasteiger partial charge in [-0.25, -0.2) is 0 Å². The van der Waals surface area contributed by atoms with Gasteiger partial charge in [0, 0.05) is 18.3 Å². The fourth-order valence-electron chi connectivity index (χ4n) is 9.36. The molecule has 6 rings (SSSR count). The molecule has 2 heterocycles. The van der Waals surface area contributed by atoms with E-state index < -0.39 is 5.41 Å². The summed E-state index contributed by atoms with van der Waals surface area (Å²) in [4.78, 5) is 12.9. The largest absolute Gasteiger partial charge is 0.469 e. The Morgan fingerprint density at radius 1 is 1.00 bits per heavy atom. The normalized spacial score (nSPS) is 54.7. The quantitative estimate of drug-likeness (QED) is 0.620. The SMILES string of the molecule is COC(=O)[C@@]12CC[C@H]3[C@@H]4CC[C@@H]5CC6(CC[C@]5(C)[C@H]4C[C@@H](OC1)[C@@]32C)OCCO6. The minimum atomic E-state index is -0.415. The van der Waals surface area contributed by atoms with Crippen LogP contribution in [0.4, 0.5) is 0 Å². The molecule has 6 aliphatic rings. The van der Waals surface area contributed by atoms with Gasteiger partial charge in [0.15, 0.2) is 5.79 Å². The van der Waals surface area contributed by atoms with E-state index in [-0.39, 0.29) is 23.3 Å². The van der Waals surface area contributed by atoms with Gasteiger partial charge in [-0.2, -0.15) is 0 Å². The van der Waals surface area contributed by atoms with Crippen LogP contribution in [0.25, 0.3) is 0 Å². The topological polar surface area (TPSA) is 54.0 Å². The number of rotatable bonds is 1. The molecule has 4 aliphatic carbocycles. The molecule has 0 aromatic carbocycles. The molecular formula is C24H36O5. The van der Waals surface area contributed by atoms with Crippen LogP contribution in [0.5, 0.6) is 0 Å². The number of hydrogen-bond acceptors (Lipinski definition) is 5. The average Bonchev–Trinajstić information content (AvgIpc) is 3.38. The van der Waals surface area contributed by atoms with Crippen LogP contribution in [-0.4, -0.2) is 44.8 Å². The van der Waals surface area contributed by atoms with Gasteiger partial charge in [0.25, 0.3) is 0 Å². The van der Waals surface area contributed by atoms with Crippen molar-refractivity contribution in [1.82, 2.24) is 0 Å². The van der Waals surface area contributed by atoms with Crippen molar-refractivity contribution in [3.8, 4) is 0 Å². The lowest BCUT2D eigenvalue weighted by Crippen LogP contribution is -2.60. The van der Waals surface area contributed by atoms with Crippen molar-refractivity contribution < 1.29 is 23.7 Å². The predicted molar refractivity (Wildman–Crippen MR) is 106 cm³/mol. The number of ether oxygens (including phenoxy) is 4. The zero-order valence-corrected chi connectivity index (χ0v) is 18.2. The van der Waals surface area contributed by atoms with Gasteiger partial charge in [-0.1, -0.05) is 13.8 Å². The Morgan fingerprint density at radius 3 is 2.55 bits per heavy atom. The zero-order chi connectivity index (χ0) is 20.1. The first-order valence-corrected chi connectivity index (χ1v) is 11.9. The highest BCUT2D eigenvalue weighted by Gasteiger charge is 2.74. The van der Waals surface area contributed by atoms with E-state index in [9.17, 15) is 4.79 Å². The first-order chi connectivity index (χ1) is 13.9. The lowest BCUT2D eigenvalue weighted by molar-refractivity contribution is -0.234. The number of methoxy groups -OCH3 is 1. The molecule has 6 fully saturated rings. The highest BCUT2D eigenvalue weighted by molar-refractivity contribution is 5.79. The molecule has 8 atom stereocenters. The molecule has 2 saturated heterocycles. The Morgan fingerprint density at radius 2 is 1.79 bits per heavy atom. The van der Waals surface area contributed by atoms with E-state index in [2.05, 4.69) is 13.8 Å². The standard InChI is InChI=1S/C24H36O5/c1-21-8-9-24(28-10-11-29-24)13-15(21)4-5-16-17-6-7-23(20(25)26-3)14-27-19(12-18(16)21)22(17,23)2/h15-19H,4-14H2,1-3H3/t15-,16+,17+,18+,19-,21+,22-,23-/m1/s1. The molecule has 0 N–H and O–H groups in total. The van der Waals surface area contributed by atoms with Crippen LogP contribution in [0.15, 0.2) is 0 Å². The summed E-state index contributed by atoms with van der Waals surface area (Å²) < 4.78 is 24.0. The van der Waals surface area contributed by atoms with Gasteiger partial charge in [-0.15, -0.1) is 0 Å². The number of carbonyl (C=O) groups is 1. The van der Waals surface area contributed by atoms with Crippen LogP contribution in [0.2, 0.25) is 0 Å². The number of carbonyl (C=O) groups excluding carboxylic acids is 1. The van der Waals surface area contributed by atoms with Crippen molar-refractivity contribution in [3.05, 3.63) is 0 Å². The number of hydrogen-bond donors (Lipinski definition) is 0. The Hall–Kier alpha value is -0.650. The summed E-state index contributed by atoms with van der Waals surface area (Å²) in [6.07, 6.45) is 9.24. The summed E-state index contributed by atoms with van der Waals surface area (Å²) in [5.74, 6) is 2.34. The molecule has 0 bridgehead atoms. The summed E-state index contributed by atoms with van der Waals surface area (Å²) in [6, 6.07) is 0. The molecule has 5 heteroatoms. The minimum Gasteiger partial charge on any atom is -0.469 e. The summed E-state index contributed by atoms with van der Waals surface area (Å²) >= 11 is 0. The zero-order valence-electron chi connectivity index (χ0n) is 18.2. The lowest BCUT2D eigenvalue weighted by Gasteiger charge is -2.62. The molecule has 4 saturated carbocycles. The van der Waals surface area contributed by atoms with Gasteiger partial charge in [-0.3, -0.25) is 4.79 Å². The van der Waals surface area contributed by atoms with Crippen LogP contribution < -0.4 is 0 Å². The molecule has 0 amide bonds. The van der Waals surface area contributed by atoms with Crippen LogP contribution in [0.3, 0.4) is 0 Å². The van der Waals surface area contributed by atoms with Crippen molar-refractivity contribution in [2.24, 2.45) is 39.9 Å². The molecular weight excluding hydrogens is 368 g/mol. The highest BCUT2D eigenvalue weighted by Crippen LogP contribution is 2.73. The molecule has 0 aromatic heterocycles. The second-order valence-electron chi connectivity index (χ2n) is 11.4. The second-order valence-corrected chi connectivity index (χ2v) is 11.4. The van der Waals surface area contributed by atoms with Crippen molar-refractivity contribution >= 4 is 5.97 Å². The summed E-state index contributed by atoms with van der Waals surface area (Å²) in [5.41, 5.74) is -0.132. The smallest absolute Gasteiger partial charge is 0.314 e. The molecule has 0 radical (unpaired) electrons. The number of esters is 1. The molecule has 0 aromatic rings. The molecule has 5 nitrogen and oxygen atoms in total. The minimum absolute atomic E-state index is 0.0292. The molecule has 162 valence electrons. The van der Waals surface area contributed by atoms with E-state index in [4.69, 9.17) is 18.9 Å². The van der Waals surface area contributed by atoms with Crippen LogP contribution in [0, 0.1) is 39.9 Å². The fourth-order valence-corrected chi connectivity index (χ4v) is 9.36. The van der Waals surface area contributed by atoms with Gasteiger partial charge < -0.3 is 18.9 Å². The van der Waals surface area contributed by atoms with Gasteiger partial charge in [-0.05, 0) is 67.6 Å². The fraction of sp³-hybridized carbons (Fsp3) is 0.958. The molecule has 0 unspecified atom stereocenters. The second kappa shape index (κ2) is 5.98. The van der Waals surface area contributed by atoms with Crippen molar-refractivity contribution in [3.63, 3.8) is 0 Å². The Bertz CT molecular complexity index is 716. The first-order valence-electron chi connectivity index (χ1n) is 11.9. The monoisotopic (exact) mass is 404 g/mol. The van der Waals surface area contributed by atoms with Gasteiger partial charge in [0.1, 0.15) is 0 Å².